The predicted octanol–water partition coefficient (Wildman–Crippen LogP) is 1.04. The van der Waals surface area contributed by atoms with Crippen LogP contribution in [0.25, 0.3) is 0 Å². The summed E-state index contributed by atoms with van der Waals surface area (Å²) >= 11 is 0. The molecule has 1 aliphatic carbocycles. The van der Waals surface area contributed by atoms with Crippen LogP contribution in [-0.2, 0) is 9.53 Å². The summed E-state index contributed by atoms with van der Waals surface area (Å²) in [5.41, 5.74) is 0. The first-order valence-corrected chi connectivity index (χ1v) is 5.81. The van der Waals surface area contributed by atoms with Crippen LogP contribution in [0.2, 0.25) is 0 Å². The minimum absolute atomic E-state index is 0.198. The molecule has 5 nitrogen and oxygen atoms in total. The number of ether oxygens (including phenoxy) is 1. The third kappa shape index (κ3) is 5.00. The fourth-order valence-electron chi connectivity index (χ4n) is 1.89. The molecule has 0 bridgehead atoms. The summed E-state index contributed by atoms with van der Waals surface area (Å²) in [5, 5.41) is 5.44. The van der Waals surface area contributed by atoms with Gasteiger partial charge in [-0.15, -0.1) is 0 Å². The zero-order chi connectivity index (χ0) is 11.8. The van der Waals surface area contributed by atoms with Gasteiger partial charge in [0.05, 0.1) is 13.5 Å². The van der Waals surface area contributed by atoms with Gasteiger partial charge in [0.15, 0.2) is 0 Å². The number of hydrogen-bond acceptors (Lipinski definition) is 3. The highest BCUT2D eigenvalue weighted by atomic mass is 16.5. The molecular weight excluding hydrogens is 208 g/mol. The largest absolute Gasteiger partial charge is 0.469 e. The molecule has 0 aromatic rings. The van der Waals surface area contributed by atoms with E-state index in [0.29, 0.717) is 12.5 Å². The molecule has 1 saturated carbocycles. The van der Waals surface area contributed by atoms with Crippen LogP contribution in [0, 0.1) is 5.92 Å². The van der Waals surface area contributed by atoms with E-state index in [1.807, 2.05) is 0 Å². The van der Waals surface area contributed by atoms with Crippen LogP contribution in [0.1, 0.15) is 32.1 Å². The molecular formula is C11H20N2O3. The lowest BCUT2D eigenvalue weighted by Crippen LogP contribution is -2.38. The fraction of sp³-hybridized carbons (Fsp3) is 0.818. The van der Waals surface area contributed by atoms with Gasteiger partial charge in [0.1, 0.15) is 0 Å². The summed E-state index contributed by atoms with van der Waals surface area (Å²) in [6.07, 6.45) is 5.19. The smallest absolute Gasteiger partial charge is 0.314 e. The number of hydrogen-bond donors (Lipinski definition) is 2. The Morgan fingerprint density at radius 1 is 1.25 bits per heavy atom. The highest BCUT2D eigenvalue weighted by Gasteiger charge is 2.15. The molecule has 1 fully saturated rings. The van der Waals surface area contributed by atoms with Crippen LogP contribution in [-0.4, -0.2) is 32.2 Å². The Kier molecular flexibility index (Phi) is 5.67. The van der Waals surface area contributed by atoms with Gasteiger partial charge >= 0.3 is 12.0 Å². The highest BCUT2D eigenvalue weighted by Crippen LogP contribution is 2.23. The van der Waals surface area contributed by atoms with E-state index in [2.05, 4.69) is 15.4 Å². The molecule has 0 saturated heterocycles. The Balaban J connectivity index is 2.00. The Morgan fingerprint density at radius 2 is 1.94 bits per heavy atom. The van der Waals surface area contributed by atoms with Crippen molar-refractivity contribution in [2.24, 2.45) is 5.92 Å². The molecule has 0 spiro atoms. The van der Waals surface area contributed by atoms with Crippen molar-refractivity contribution in [2.45, 2.75) is 32.1 Å². The molecule has 0 heterocycles. The summed E-state index contributed by atoms with van der Waals surface area (Å²) < 4.78 is 4.46. The van der Waals surface area contributed by atoms with E-state index < -0.39 is 0 Å². The highest BCUT2D eigenvalue weighted by molar-refractivity contribution is 5.75. The zero-order valence-corrected chi connectivity index (χ0v) is 9.75. The lowest BCUT2D eigenvalue weighted by atomic mass is 10.1. The lowest BCUT2D eigenvalue weighted by Gasteiger charge is -2.11. The number of rotatable bonds is 5. The van der Waals surface area contributed by atoms with Crippen LogP contribution in [0.4, 0.5) is 4.79 Å². The van der Waals surface area contributed by atoms with E-state index in [0.717, 1.165) is 6.54 Å². The van der Waals surface area contributed by atoms with Crippen LogP contribution < -0.4 is 10.6 Å². The number of methoxy groups -OCH3 is 1. The molecule has 0 aromatic carbocycles. The van der Waals surface area contributed by atoms with Gasteiger partial charge in [-0.05, 0) is 18.8 Å². The summed E-state index contributed by atoms with van der Waals surface area (Å²) in [4.78, 5) is 22.1. The Bertz CT molecular complexity index is 237. The first-order valence-electron chi connectivity index (χ1n) is 5.81. The van der Waals surface area contributed by atoms with E-state index >= 15 is 0 Å². The maximum absolute atomic E-state index is 11.3. The molecule has 0 unspecified atom stereocenters. The van der Waals surface area contributed by atoms with Crippen LogP contribution in [0.15, 0.2) is 0 Å². The SMILES string of the molecule is COC(=O)CCNC(=O)NCC1CCCC1. The van der Waals surface area contributed by atoms with Gasteiger partial charge in [0.25, 0.3) is 0 Å². The second kappa shape index (κ2) is 7.09. The van der Waals surface area contributed by atoms with Crippen molar-refractivity contribution in [1.29, 1.82) is 0 Å². The van der Waals surface area contributed by atoms with Gasteiger partial charge < -0.3 is 15.4 Å². The van der Waals surface area contributed by atoms with Crippen molar-refractivity contribution in [3.63, 3.8) is 0 Å². The van der Waals surface area contributed by atoms with Gasteiger partial charge in [0, 0.05) is 13.1 Å². The fourth-order valence-corrected chi connectivity index (χ4v) is 1.89. The summed E-state index contributed by atoms with van der Waals surface area (Å²) in [6.45, 7) is 1.06. The van der Waals surface area contributed by atoms with Crippen molar-refractivity contribution >= 4 is 12.0 Å². The molecule has 2 amide bonds. The molecule has 0 radical (unpaired) electrons. The van der Waals surface area contributed by atoms with Crippen molar-refractivity contribution < 1.29 is 14.3 Å². The Morgan fingerprint density at radius 3 is 2.56 bits per heavy atom. The van der Waals surface area contributed by atoms with Crippen molar-refractivity contribution in [3.8, 4) is 0 Å². The zero-order valence-electron chi connectivity index (χ0n) is 9.75. The second-order valence-corrected chi connectivity index (χ2v) is 4.11. The number of amides is 2. The van der Waals surface area contributed by atoms with Gasteiger partial charge in [0.2, 0.25) is 0 Å². The minimum atomic E-state index is -0.309. The van der Waals surface area contributed by atoms with E-state index in [9.17, 15) is 9.59 Å². The van der Waals surface area contributed by atoms with Gasteiger partial charge in [-0.2, -0.15) is 0 Å². The van der Waals surface area contributed by atoms with Crippen LogP contribution in [0.3, 0.4) is 0 Å². The van der Waals surface area contributed by atoms with Crippen molar-refractivity contribution in [1.82, 2.24) is 10.6 Å². The third-order valence-corrected chi connectivity index (χ3v) is 2.87. The normalized spacial score (nSPS) is 15.8. The average Bonchev–Trinajstić information content (AvgIpc) is 2.79. The molecule has 5 heteroatoms. The second-order valence-electron chi connectivity index (χ2n) is 4.11. The van der Waals surface area contributed by atoms with Gasteiger partial charge in [-0.25, -0.2) is 4.79 Å². The maximum atomic E-state index is 11.3. The first kappa shape index (κ1) is 12.8. The van der Waals surface area contributed by atoms with Gasteiger partial charge in [-0.1, -0.05) is 12.8 Å². The first-order chi connectivity index (χ1) is 7.72. The number of carbonyl (C=O) groups excluding carboxylic acids is 2. The van der Waals surface area contributed by atoms with E-state index in [1.54, 1.807) is 0 Å². The minimum Gasteiger partial charge on any atom is -0.469 e. The number of urea groups is 1. The lowest BCUT2D eigenvalue weighted by molar-refractivity contribution is -0.140. The molecule has 92 valence electrons. The van der Waals surface area contributed by atoms with Crippen molar-refractivity contribution in [3.05, 3.63) is 0 Å². The summed E-state index contributed by atoms with van der Waals surface area (Å²) in [6, 6.07) is -0.198. The summed E-state index contributed by atoms with van der Waals surface area (Å²) in [7, 11) is 1.34. The number of esters is 1. The topological polar surface area (TPSA) is 67.4 Å². The van der Waals surface area contributed by atoms with Crippen LogP contribution >= 0.6 is 0 Å². The molecule has 0 aromatic heterocycles. The molecule has 0 aliphatic heterocycles. The van der Waals surface area contributed by atoms with E-state index in [-0.39, 0.29) is 18.4 Å². The third-order valence-electron chi connectivity index (χ3n) is 2.87. The van der Waals surface area contributed by atoms with Crippen LogP contribution in [0.5, 0.6) is 0 Å². The van der Waals surface area contributed by atoms with Gasteiger partial charge in [-0.3, -0.25) is 4.79 Å². The van der Waals surface area contributed by atoms with E-state index in [1.165, 1.54) is 32.8 Å². The maximum Gasteiger partial charge on any atom is 0.314 e. The predicted molar refractivity (Wildman–Crippen MR) is 60.0 cm³/mol. The molecule has 16 heavy (non-hydrogen) atoms. The molecule has 1 rings (SSSR count). The molecule has 1 aliphatic rings. The molecule has 0 atom stereocenters. The molecule has 2 N–H and O–H groups in total. The monoisotopic (exact) mass is 228 g/mol. The van der Waals surface area contributed by atoms with Crippen molar-refractivity contribution in [2.75, 3.05) is 20.2 Å². The Labute approximate surface area is 95.9 Å². The van der Waals surface area contributed by atoms with E-state index in [4.69, 9.17) is 0 Å². The summed E-state index contributed by atoms with van der Waals surface area (Å²) in [5.74, 6) is 0.322. The number of nitrogens with one attached hydrogen (secondary N) is 2. The Hall–Kier alpha value is -1.26. The average molecular weight is 228 g/mol. The number of carbonyl (C=O) groups is 2. The standard InChI is InChI=1S/C11H20N2O3/c1-16-10(14)6-7-12-11(15)13-8-9-4-2-3-5-9/h9H,2-8H2,1H3,(H2,12,13,15). The quantitative estimate of drug-likeness (QED) is 0.691.